The van der Waals surface area contributed by atoms with Crippen LogP contribution in [0.3, 0.4) is 0 Å². The molecule has 92 valence electrons. The van der Waals surface area contributed by atoms with Gasteiger partial charge in [0.15, 0.2) is 0 Å². The molecule has 0 aromatic heterocycles. The number of anilines is 1. The Bertz CT molecular complexity index is 420. The maximum absolute atomic E-state index is 11.5. The van der Waals surface area contributed by atoms with E-state index < -0.39 is 12.1 Å². The largest absolute Gasteiger partial charge is 0.497 e. The number of amidine groups is 1. The first-order chi connectivity index (χ1) is 8.02. The molecule has 0 fully saturated rings. The first kappa shape index (κ1) is 12.8. The minimum absolute atomic E-state index is 0.0919. The van der Waals surface area contributed by atoms with Crippen molar-refractivity contribution in [3.63, 3.8) is 0 Å². The molecule has 0 heterocycles. The van der Waals surface area contributed by atoms with Crippen molar-refractivity contribution in [3.05, 3.63) is 24.3 Å². The zero-order valence-electron chi connectivity index (χ0n) is 9.78. The molecule has 0 saturated carbocycles. The Kier molecular flexibility index (Phi) is 4.33. The second-order valence-electron chi connectivity index (χ2n) is 3.51. The molecule has 1 atom stereocenters. The van der Waals surface area contributed by atoms with Crippen LogP contribution in [0.2, 0.25) is 0 Å². The number of rotatable bonds is 4. The number of hydrogen-bond acceptors (Lipinski definition) is 3. The van der Waals surface area contributed by atoms with Gasteiger partial charge in [0.25, 0.3) is 0 Å². The quantitative estimate of drug-likeness (QED) is 0.466. The number of benzene rings is 1. The van der Waals surface area contributed by atoms with Crippen LogP contribution in [0, 0.1) is 5.41 Å². The van der Waals surface area contributed by atoms with Crippen LogP contribution < -0.4 is 21.1 Å². The van der Waals surface area contributed by atoms with E-state index in [4.69, 9.17) is 15.9 Å². The molecule has 17 heavy (non-hydrogen) atoms. The van der Waals surface area contributed by atoms with Gasteiger partial charge in [-0.05, 0) is 19.1 Å². The average molecular weight is 236 g/mol. The van der Waals surface area contributed by atoms with E-state index in [2.05, 4.69) is 10.6 Å². The minimum atomic E-state index is -0.499. The van der Waals surface area contributed by atoms with E-state index in [9.17, 15) is 4.79 Å². The number of ether oxygens (including phenoxy) is 1. The Hall–Kier alpha value is -2.24. The van der Waals surface area contributed by atoms with Crippen LogP contribution in [0.25, 0.3) is 0 Å². The first-order valence-corrected chi connectivity index (χ1v) is 5.08. The molecule has 1 aromatic carbocycles. The highest BCUT2D eigenvalue weighted by atomic mass is 16.5. The molecule has 6 heteroatoms. The molecular formula is C11H16N4O2. The summed E-state index contributed by atoms with van der Waals surface area (Å²) in [6.07, 6.45) is 0. The molecular weight excluding hydrogens is 220 g/mol. The number of carbonyl (C=O) groups is 1. The van der Waals surface area contributed by atoms with Gasteiger partial charge >= 0.3 is 6.03 Å². The van der Waals surface area contributed by atoms with Gasteiger partial charge < -0.3 is 21.1 Å². The number of hydrogen-bond donors (Lipinski definition) is 4. The predicted octanol–water partition coefficient (Wildman–Crippen LogP) is 1.14. The van der Waals surface area contributed by atoms with E-state index in [0.29, 0.717) is 11.4 Å². The lowest BCUT2D eigenvalue weighted by atomic mass is 10.3. The molecule has 1 rings (SSSR count). The molecule has 0 radical (unpaired) electrons. The van der Waals surface area contributed by atoms with Crippen LogP contribution >= 0.6 is 0 Å². The highest BCUT2D eigenvalue weighted by Gasteiger charge is 2.09. The Morgan fingerprint density at radius 3 is 2.82 bits per heavy atom. The van der Waals surface area contributed by atoms with E-state index in [1.807, 2.05) is 0 Å². The van der Waals surface area contributed by atoms with Gasteiger partial charge in [-0.15, -0.1) is 0 Å². The standard InChI is InChI=1S/C11H16N4O2/c1-7(10(12)13)14-11(16)15-8-4-3-5-9(6-8)17-2/h3-7H,1-2H3,(H3,12,13)(H2,14,15,16). The lowest BCUT2D eigenvalue weighted by Gasteiger charge is -2.13. The average Bonchev–Trinajstić information content (AvgIpc) is 2.28. The summed E-state index contributed by atoms with van der Waals surface area (Å²) < 4.78 is 5.03. The summed E-state index contributed by atoms with van der Waals surface area (Å²) in [5, 5.41) is 12.3. The van der Waals surface area contributed by atoms with Crippen molar-refractivity contribution in [1.82, 2.24) is 5.32 Å². The van der Waals surface area contributed by atoms with E-state index in [1.54, 1.807) is 38.3 Å². The minimum Gasteiger partial charge on any atom is -0.497 e. The summed E-state index contributed by atoms with van der Waals surface area (Å²) in [4.78, 5) is 11.5. The van der Waals surface area contributed by atoms with Crippen LogP contribution in [0.5, 0.6) is 5.75 Å². The summed E-state index contributed by atoms with van der Waals surface area (Å²) in [6.45, 7) is 1.63. The fourth-order valence-corrected chi connectivity index (χ4v) is 1.14. The lowest BCUT2D eigenvalue weighted by molar-refractivity contribution is 0.251. The molecule has 1 unspecified atom stereocenters. The normalized spacial score (nSPS) is 11.4. The van der Waals surface area contributed by atoms with Gasteiger partial charge in [-0.2, -0.15) is 0 Å². The molecule has 2 amide bonds. The predicted molar refractivity (Wildman–Crippen MR) is 66.5 cm³/mol. The van der Waals surface area contributed by atoms with Gasteiger partial charge in [0, 0.05) is 11.8 Å². The lowest BCUT2D eigenvalue weighted by Crippen LogP contribution is -2.43. The number of nitrogens with one attached hydrogen (secondary N) is 3. The van der Waals surface area contributed by atoms with Crippen LogP contribution in [0.1, 0.15) is 6.92 Å². The fourth-order valence-electron chi connectivity index (χ4n) is 1.14. The number of carbonyl (C=O) groups excluding carboxylic acids is 1. The Labute approximate surface area is 99.7 Å². The summed E-state index contributed by atoms with van der Waals surface area (Å²) in [5.41, 5.74) is 5.85. The molecule has 0 bridgehead atoms. The first-order valence-electron chi connectivity index (χ1n) is 5.08. The maximum atomic E-state index is 11.5. The third-order valence-corrected chi connectivity index (χ3v) is 2.14. The van der Waals surface area contributed by atoms with Crippen LogP contribution in [0.4, 0.5) is 10.5 Å². The van der Waals surface area contributed by atoms with Crippen molar-refractivity contribution >= 4 is 17.6 Å². The van der Waals surface area contributed by atoms with Gasteiger partial charge in [0.1, 0.15) is 11.6 Å². The van der Waals surface area contributed by atoms with E-state index in [-0.39, 0.29) is 5.84 Å². The topological polar surface area (TPSA) is 100 Å². The Morgan fingerprint density at radius 2 is 2.24 bits per heavy atom. The molecule has 0 spiro atoms. The smallest absolute Gasteiger partial charge is 0.319 e. The third-order valence-electron chi connectivity index (χ3n) is 2.14. The van der Waals surface area contributed by atoms with Gasteiger partial charge in [-0.25, -0.2) is 4.79 Å². The highest BCUT2D eigenvalue weighted by molar-refractivity contribution is 5.93. The van der Waals surface area contributed by atoms with Crippen molar-refractivity contribution in [2.24, 2.45) is 5.73 Å². The van der Waals surface area contributed by atoms with E-state index in [1.165, 1.54) is 0 Å². The molecule has 0 aliphatic rings. The third kappa shape index (κ3) is 4.02. The number of nitrogens with two attached hydrogens (primary N) is 1. The SMILES string of the molecule is COc1cccc(NC(=O)NC(C)C(=N)N)c1. The van der Waals surface area contributed by atoms with Crippen LogP contribution in [0.15, 0.2) is 24.3 Å². The van der Waals surface area contributed by atoms with E-state index in [0.717, 1.165) is 0 Å². The highest BCUT2D eigenvalue weighted by Crippen LogP contribution is 2.16. The molecule has 6 nitrogen and oxygen atoms in total. The summed E-state index contributed by atoms with van der Waals surface area (Å²) in [5.74, 6) is 0.563. The zero-order chi connectivity index (χ0) is 12.8. The molecule has 1 aromatic rings. The van der Waals surface area contributed by atoms with Crippen LogP contribution in [-0.4, -0.2) is 25.0 Å². The Morgan fingerprint density at radius 1 is 1.53 bits per heavy atom. The van der Waals surface area contributed by atoms with Crippen molar-refractivity contribution in [3.8, 4) is 5.75 Å². The fraction of sp³-hybridized carbons (Fsp3) is 0.273. The second kappa shape index (κ2) is 5.74. The van der Waals surface area contributed by atoms with Crippen molar-refractivity contribution in [2.45, 2.75) is 13.0 Å². The maximum Gasteiger partial charge on any atom is 0.319 e. The number of methoxy groups -OCH3 is 1. The van der Waals surface area contributed by atoms with Crippen molar-refractivity contribution in [1.29, 1.82) is 5.41 Å². The molecule has 0 saturated heterocycles. The van der Waals surface area contributed by atoms with Gasteiger partial charge in [0.05, 0.1) is 13.2 Å². The number of amides is 2. The second-order valence-corrected chi connectivity index (χ2v) is 3.51. The van der Waals surface area contributed by atoms with Crippen molar-refractivity contribution in [2.75, 3.05) is 12.4 Å². The summed E-state index contributed by atoms with van der Waals surface area (Å²) in [6, 6.07) is 6.06. The Balaban J connectivity index is 2.58. The van der Waals surface area contributed by atoms with Crippen molar-refractivity contribution < 1.29 is 9.53 Å². The summed E-state index contributed by atoms with van der Waals surface area (Å²) >= 11 is 0. The monoisotopic (exact) mass is 236 g/mol. The zero-order valence-corrected chi connectivity index (χ0v) is 9.78. The molecule has 5 N–H and O–H groups in total. The number of urea groups is 1. The summed E-state index contributed by atoms with van der Waals surface area (Å²) in [7, 11) is 1.55. The van der Waals surface area contributed by atoms with Gasteiger partial charge in [-0.3, -0.25) is 5.41 Å². The van der Waals surface area contributed by atoms with Gasteiger partial charge in [-0.1, -0.05) is 6.07 Å². The van der Waals surface area contributed by atoms with Crippen LogP contribution in [-0.2, 0) is 0 Å². The van der Waals surface area contributed by atoms with Gasteiger partial charge in [0.2, 0.25) is 0 Å². The van der Waals surface area contributed by atoms with E-state index >= 15 is 0 Å². The molecule has 0 aliphatic carbocycles. The molecule has 0 aliphatic heterocycles.